The molecule has 0 saturated heterocycles. The maximum atomic E-state index is 15.8. The highest BCUT2D eigenvalue weighted by Gasteiger charge is 2.45. The zero-order valence-electron chi connectivity index (χ0n) is 23.2. The molecule has 1 fully saturated rings. The number of rotatable bonds is 3. The molecule has 0 aromatic heterocycles. The molecule has 1 saturated carbocycles. The minimum absolute atomic E-state index is 0.0558. The lowest BCUT2D eigenvalue weighted by Crippen LogP contribution is -2.23. The maximum Gasteiger partial charge on any atom is 0.147 e. The Labute approximate surface area is 280 Å². The van der Waals surface area contributed by atoms with Gasteiger partial charge in [0.1, 0.15) is 47.3 Å². The number of nitrogen functional groups attached to an aromatic ring is 2. The molecule has 0 spiro atoms. The highest BCUT2D eigenvalue weighted by molar-refractivity contribution is 14.1. The van der Waals surface area contributed by atoms with E-state index in [1.165, 1.54) is 13.8 Å². The molecular formula is C29H20F5IN5P5. The predicted octanol–water partition coefficient (Wildman–Crippen LogP) is 4.52. The van der Waals surface area contributed by atoms with E-state index < -0.39 is 56.9 Å². The fourth-order valence-corrected chi connectivity index (χ4v) is 7.47. The van der Waals surface area contributed by atoms with Crippen molar-refractivity contribution in [2.24, 2.45) is 0 Å². The van der Waals surface area contributed by atoms with Crippen molar-refractivity contribution in [2.45, 2.75) is 13.8 Å². The largest absolute Gasteiger partial charge is 0.398 e. The van der Waals surface area contributed by atoms with Crippen molar-refractivity contribution in [2.75, 3.05) is 11.5 Å². The van der Waals surface area contributed by atoms with Gasteiger partial charge in [-0.05, 0) is 47.3 Å². The monoisotopic (exact) mass is 815 g/mol. The average Bonchev–Trinajstić information content (AvgIpc) is 3.74. The van der Waals surface area contributed by atoms with Gasteiger partial charge in [0.05, 0.1) is 37.1 Å². The van der Waals surface area contributed by atoms with Crippen LogP contribution in [-0.4, -0.2) is 0 Å². The molecule has 45 heavy (non-hydrogen) atoms. The van der Waals surface area contributed by atoms with Crippen LogP contribution >= 0.6 is 68.8 Å². The normalized spacial score (nSPS) is 15.7. The third-order valence-corrected chi connectivity index (χ3v) is 12.0. The second kappa shape index (κ2) is 12.9. The summed E-state index contributed by atoms with van der Waals surface area (Å²) >= 11 is 1.64. The summed E-state index contributed by atoms with van der Waals surface area (Å²) in [6, 6.07) is 5.32. The lowest BCUT2D eigenvalue weighted by atomic mass is 9.98. The number of nitrogens with two attached hydrogens (primary N) is 2. The fraction of sp³-hybridized carbons (Fsp3) is 0.0690. The Bertz CT molecular complexity index is 1820. The van der Waals surface area contributed by atoms with E-state index in [2.05, 4.69) is 37.0 Å². The predicted molar refractivity (Wildman–Crippen MR) is 194 cm³/mol. The molecule has 3 aromatic carbocycles. The molecule has 4 N–H and O–H groups in total. The Balaban J connectivity index is 2.36. The Morgan fingerprint density at radius 3 is 1.33 bits per heavy atom. The van der Waals surface area contributed by atoms with E-state index in [0.717, 1.165) is 0 Å². The quantitative estimate of drug-likeness (QED) is 0.133. The summed E-state index contributed by atoms with van der Waals surface area (Å²) in [6.07, 6.45) is 0. The smallest absolute Gasteiger partial charge is 0.147 e. The summed E-state index contributed by atoms with van der Waals surface area (Å²) in [5, 5.41) is 31.0. The SMILES string of the molecule is Cc1c(N)c(P)c(F)c(C(C#N)=C2C(=C(C#N)c3c(F)c(P)c(C)c(P)c3F)C2=C(C#N)c2c(F)c(I)c(N)c(P)c2P)c1F. The first-order valence-electron chi connectivity index (χ1n) is 12.3. The maximum absolute atomic E-state index is 15.8. The van der Waals surface area contributed by atoms with Crippen molar-refractivity contribution in [1.29, 1.82) is 15.8 Å². The van der Waals surface area contributed by atoms with Crippen LogP contribution in [0.25, 0.3) is 16.7 Å². The molecule has 0 aliphatic heterocycles. The van der Waals surface area contributed by atoms with E-state index in [1.54, 1.807) is 34.7 Å². The zero-order chi connectivity index (χ0) is 34.0. The third kappa shape index (κ3) is 5.39. The second-order valence-corrected chi connectivity index (χ2v) is 13.7. The Morgan fingerprint density at radius 2 is 0.911 bits per heavy atom. The highest BCUT2D eigenvalue weighted by Crippen LogP contribution is 2.57. The van der Waals surface area contributed by atoms with Crippen molar-refractivity contribution in [3.8, 4) is 18.2 Å². The number of hydrogen-bond donors (Lipinski definition) is 2. The van der Waals surface area contributed by atoms with E-state index in [4.69, 9.17) is 11.5 Å². The molecule has 0 amide bonds. The van der Waals surface area contributed by atoms with Gasteiger partial charge in [-0.25, -0.2) is 22.0 Å². The number of halogens is 6. The molecule has 0 bridgehead atoms. The van der Waals surface area contributed by atoms with Crippen LogP contribution in [0.5, 0.6) is 0 Å². The highest BCUT2D eigenvalue weighted by atomic mass is 127. The first kappa shape index (κ1) is 35.3. The van der Waals surface area contributed by atoms with Gasteiger partial charge in [0.2, 0.25) is 0 Å². The number of nitriles is 3. The van der Waals surface area contributed by atoms with E-state index in [-0.39, 0.29) is 69.6 Å². The van der Waals surface area contributed by atoms with Crippen LogP contribution in [0.15, 0.2) is 16.7 Å². The lowest BCUT2D eigenvalue weighted by molar-refractivity contribution is 0.578. The number of anilines is 2. The summed E-state index contributed by atoms with van der Waals surface area (Å²) in [6.45, 7) is 2.71. The van der Waals surface area contributed by atoms with Crippen LogP contribution in [-0.2, 0) is 0 Å². The Kier molecular flexibility index (Phi) is 10.2. The van der Waals surface area contributed by atoms with Crippen molar-refractivity contribution in [3.05, 3.63) is 77.2 Å². The molecule has 1 aliphatic carbocycles. The molecule has 1 aliphatic rings. The molecule has 4 rings (SSSR count). The molecule has 5 atom stereocenters. The molecular weight excluding hydrogens is 795 g/mol. The number of allylic oxidation sites excluding steroid dienone is 6. The summed E-state index contributed by atoms with van der Waals surface area (Å²) < 4.78 is 78.5. The van der Waals surface area contributed by atoms with Gasteiger partial charge < -0.3 is 11.5 Å². The van der Waals surface area contributed by atoms with Gasteiger partial charge in [0.15, 0.2) is 0 Å². The molecule has 5 unspecified atom stereocenters. The first-order chi connectivity index (χ1) is 21.0. The molecule has 228 valence electrons. The van der Waals surface area contributed by atoms with Crippen LogP contribution in [0, 0.1) is 80.5 Å². The summed E-state index contributed by atoms with van der Waals surface area (Å²) in [5.41, 5.74) is 6.86. The number of nitrogens with zero attached hydrogens (tertiary/aromatic N) is 3. The van der Waals surface area contributed by atoms with Crippen molar-refractivity contribution < 1.29 is 22.0 Å². The molecule has 16 heteroatoms. The minimum Gasteiger partial charge on any atom is -0.398 e. The van der Waals surface area contributed by atoms with Gasteiger partial charge in [-0.3, -0.25) is 0 Å². The molecule has 3 aromatic rings. The summed E-state index contributed by atoms with van der Waals surface area (Å²) in [5.74, 6) is -5.63. The van der Waals surface area contributed by atoms with Crippen LogP contribution in [0.3, 0.4) is 0 Å². The minimum atomic E-state index is -1.23. The van der Waals surface area contributed by atoms with Crippen LogP contribution in [0.4, 0.5) is 33.3 Å². The van der Waals surface area contributed by atoms with E-state index in [0.29, 0.717) is 5.30 Å². The van der Waals surface area contributed by atoms with Crippen LogP contribution in [0.2, 0.25) is 0 Å². The van der Waals surface area contributed by atoms with Crippen molar-refractivity contribution >= 4 is 123 Å². The van der Waals surface area contributed by atoms with Crippen LogP contribution in [0.1, 0.15) is 27.8 Å². The van der Waals surface area contributed by atoms with Gasteiger partial charge in [0, 0.05) is 54.8 Å². The third-order valence-electron chi connectivity index (χ3n) is 7.44. The zero-order valence-corrected chi connectivity index (χ0v) is 31.1. The number of benzene rings is 3. The summed E-state index contributed by atoms with van der Waals surface area (Å²) in [7, 11) is 10.8. The second-order valence-electron chi connectivity index (χ2n) is 9.74. The van der Waals surface area contributed by atoms with Gasteiger partial charge >= 0.3 is 0 Å². The topological polar surface area (TPSA) is 123 Å². The van der Waals surface area contributed by atoms with E-state index >= 15 is 22.0 Å². The Morgan fingerprint density at radius 1 is 0.533 bits per heavy atom. The van der Waals surface area contributed by atoms with Gasteiger partial charge in [-0.15, -0.1) is 46.2 Å². The molecule has 0 radical (unpaired) electrons. The van der Waals surface area contributed by atoms with Crippen molar-refractivity contribution in [3.63, 3.8) is 0 Å². The average molecular weight is 815 g/mol. The van der Waals surface area contributed by atoms with E-state index in [9.17, 15) is 15.8 Å². The van der Waals surface area contributed by atoms with Gasteiger partial charge in [0.25, 0.3) is 0 Å². The van der Waals surface area contributed by atoms with Crippen LogP contribution < -0.4 is 38.0 Å². The fourth-order valence-electron chi connectivity index (χ4n) is 4.77. The molecule has 5 nitrogen and oxygen atoms in total. The van der Waals surface area contributed by atoms with Gasteiger partial charge in [-0.1, -0.05) is 0 Å². The lowest BCUT2D eigenvalue weighted by Gasteiger charge is -2.14. The summed E-state index contributed by atoms with van der Waals surface area (Å²) in [4.78, 5) is 0. The molecule has 0 heterocycles. The Hall–Kier alpha value is -2.52. The van der Waals surface area contributed by atoms with Crippen molar-refractivity contribution in [1.82, 2.24) is 0 Å². The van der Waals surface area contributed by atoms with Gasteiger partial charge in [-0.2, -0.15) is 15.8 Å². The van der Waals surface area contributed by atoms with E-state index in [1.807, 2.05) is 15.3 Å². The number of hydrogen-bond acceptors (Lipinski definition) is 5. The first-order valence-corrected chi connectivity index (χ1v) is 16.3. The standard InChI is InChI=1S/C29H20F5IN5P5/c1-6-17(30)14(21(34)28(44)23(6)39)8(3-36)11-12(9(4-37)15-19(32)25(41)7(2)26(42)20(15)33)13(11)10(5-38)16-18(31)22(35)24(40)29(45)27(16)43/h39-45H2,1-2H3.